The van der Waals surface area contributed by atoms with Gasteiger partial charge >= 0.3 is 6.18 Å². The molecule has 5 nitrogen and oxygen atoms in total. The number of nitrogens with zero attached hydrogens (tertiary/aromatic N) is 1. The number of aliphatic hydroxyl groups is 1. The Hall–Kier alpha value is -3.02. The Morgan fingerprint density at radius 1 is 0.946 bits per heavy atom. The minimum Gasteiger partial charge on any atom is -0.493 e. The number of sulfone groups is 1. The number of hydrogen-bond donors (Lipinski definition) is 1. The molecule has 0 saturated heterocycles. The van der Waals surface area contributed by atoms with Crippen LogP contribution in [0.25, 0.3) is 0 Å². The van der Waals surface area contributed by atoms with Crippen molar-refractivity contribution in [2.45, 2.75) is 37.2 Å². The highest BCUT2D eigenvalue weighted by molar-refractivity contribution is 7.90. The molecule has 0 spiro atoms. The van der Waals surface area contributed by atoms with E-state index in [2.05, 4.69) is 0 Å². The number of ether oxygens (including phenoxy) is 1. The maximum absolute atomic E-state index is 14.3. The van der Waals surface area contributed by atoms with Crippen molar-refractivity contribution in [2.24, 2.45) is 0 Å². The largest absolute Gasteiger partial charge is 0.493 e. The Kier molecular flexibility index (Phi) is 9.27. The van der Waals surface area contributed by atoms with E-state index in [1.54, 1.807) is 18.2 Å². The second-order valence-electron chi connectivity index (χ2n) is 8.55. The van der Waals surface area contributed by atoms with Gasteiger partial charge in [-0.05, 0) is 41.8 Å². The number of halogens is 5. The number of benzene rings is 3. The third kappa shape index (κ3) is 8.24. The zero-order valence-corrected chi connectivity index (χ0v) is 20.7. The van der Waals surface area contributed by atoms with E-state index >= 15 is 0 Å². The van der Waals surface area contributed by atoms with E-state index in [0.29, 0.717) is 25.1 Å². The van der Waals surface area contributed by atoms with Gasteiger partial charge in [-0.25, -0.2) is 17.2 Å². The summed E-state index contributed by atoms with van der Waals surface area (Å²) in [6.07, 6.45) is -3.21. The maximum Gasteiger partial charge on any atom is 0.416 e. The molecule has 0 aromatic heterocycles. The van der Waals surface area contributed by atoms with Gasteiger partial charge in [0.2, 0.25) is 0 Å². The molecular formula is C26H26F5NO4S. The minimum absolute atomic E-state index is 0.0295. The standard InChI is InChI=1S/C26H26F5NO4S/c1-37(34,35)25-14-22(13-24(28)23(25)17-33)36-11-3-10-32(15-18-6-8-21(27)9-7-18)16-19-4-2-5-20(12-19)26(29,30)31/h2,4-9,12-14,33H,3,10-11,15-17H2,1H3. The molecule has 37 heavy (non-hydrogen) atoms. The first-order chi connectivity index (χ1) is 17.4. The van der Waals surface area contributed by atoms with Crippen LogP contribution >= 0.6 is 0 Å². The first-order valence-corrected chi connectivity index (χ1v) is 13.1. The summed E-state index contributed by atoms with van der Waals surface area (Å²) in [6, 6.07) is 12.9. The first kappa shape index (κ1) is 28.5. The number of hydrogen-bond acceptors (Lipinski definition) is 5. The van der Waals surface area contributed by atoms with Crippen LogP contribution in [0.1, 0.15) is 28.7 Å². The number of rotatable bonds is 11. The number of alkyl halides is 3. The molecule has 0 fully saturated rings. The fraction of sp³-hybridized carbons (Fsp3) is 0.308. The first-order valence-electron chi connectivity index (χ1n) is 11.3. The second kappa shape index (κ2) is 12.0. The van der Waals surface area contributed by atoms with Crippen molar-refractivity contribution in [3.05, 3.63) is 94.6 Å². The quantitative estimate of drug-likeness (QED) is 0.261. The summed E-state index contributed by atoms with van der Waals surface area (Å²) in [4.78, 5) is 1.50. The van der Waals surface area contributed by atoms with E-state index in [9.17, 15) is 35.5 Å². The molecule has 0 atom stereocenters. The zero-order chi connectivity index (χ0) is 27.2. The van der Waals surface area contributed by atoms with Gasteiger partial charge in [-0.2, -0.15) is 13.2 Å². The Morgan fingerprint density at radius 3 is 2.24 bits per heavy atom. The lowest BCUT2D eigenvalue weighted by molar-refractivity contribution is -0.137. The molecule has 0 unspecified atom stereocenters. The molecule has 0 aliphatic rings. The Morgan fingerprint density at radius 2 is 1.62 bits per heavy atom. The average molecular weight is 544 g/mol. The lowest BCUT2D eigenvalue weighted by Gasteiger charge is -2.23. The van der Waals surface area contributed by atoms with E-state index in [-0.39, 0.29) is 29.4 Å². The SMILES string of the molecule is CS(=O)(=O)c1cc(OCCCN(Cc2ccc(F)cc2)Cc2cccc(C(F)(F)F)c2)cc(F)c1CO. The lowest BCUT2D eigenvalue weighted by atomic mass is 10.1. The predicted molar refractivity (Wildman–Crippen MR) is 128 cm³/mol. The summed E-state index contributed by atoms with van der Waals surface area (Å²) in [5, 5.41) is 9.31. The molecule has 3 aromatic carbocycles. The van der Waals surface area contributed by atoms with E-state index < -0.39 is 39.8 Å². The van der Waals surface area contributed by atoms with Crippen molar-refractivity contribution < 1.29 is 40.2 Å². The summed E-state index contributed by atoms with van der Waals surface area (Å²) in [7, 11) is -3.82. The summed E-state index contributed by atoms with van der Waals surface area (Å²) >= 11 is 0. The van der Waals surface area contributed by atoms with Crippen LogP contribution in [0.15, 0.2) is 65.6 Å². The highest BCUT2D eigenvalue weighted by Crippen LogP contribution is 2.30. The molecule has 0 bridgehead atoms. The van der Waals surface area contributed by atoms with Crippen molar-refractivity contribution >= 4 is 9.84 Å². The van der Waals surface area contributed by atoms with Gasteiger partial charge in [-0.3, -0.25) is 4.90 Å². The van der Waals surface area contributed by atoms with Gasteiger partial charge in [0.25, 0.3) is 0 Å². The van der Waals surface area contributed by atoms with Crippen molar-refractivity contribution in [1.29, 1.82) is 0 Å². The molecule has 0 heterocycles. The molecule has 0 saturated carbocycles. The molecule has 0 aliphatic carbocycles. The van der Waals surface area contributed by atoms with Crippen molar-refractivity contribution in [3.8, 4) is 5.75 Å². The van der Waals surface area contributed by atoms with Crippen LogP contribution in [0.5, 0.6) is 5.75 Å². The fourth-order valence-electron chi connectivity index (χ4n) is 3.80. The van der Waals surface area contributed by atoms with E-state index in [0.717, 1.165) is 36.1 Å². The van der Waals surface area contributed by atoms with E-state index in [1.807, 2.05) is 4.90 Å². The molecule has 1 N–H and O–H groups in total. The highest BCUT2D eigenvalue weighted by Gasteiger charge is 2.30. The third-order valence-electron chi connectivity index (χ3n) is 5.55. The zero-order valence-electron chi connectivity index (χ0n) is 19.9. The monoisotopic (exact) mass is 543 g/mol. The van der Waals surface area contributed by atoms with E-state index in [1.165, 1.54) is 18.2 Å². The third-order valence-corrected chi connectivity index (χ3v) is 6.72. The molecule has 0 amide bonds. The van der Waals surface area contributed by atoms with Gasteiger partial charge in [0.1, 0.15) is 17.4 Å². The average Bonchev–Trinajstić information content (AvgIpc) is 2.82. The molecular weight excluding hydrogens is 517 g/mol. The Bertz CT molecular complexity index is 1310. The molecule has 0 radical (unpaired) electrons. The van der Waals surface area contributed by atoms with Gasteiger partial charge in [-0.15, -0.1) is 0 Å². The van der Waals surface area contributed by atoms with Crippen LogP contribution in [0, 0.1) is 11.6 Å². The summed E-state index contributed by atoms with van der Waals surface area (Å²) in [6.45, 7) is 0.143. The van der Waals surface area contributed by atoms with E-state index in [4.69, 9.17) is 4.74 Å². The fourth-order valence-corrected chi connectivity index (χ4v) is 4.74. The maximum atomic E-state index is 14.3. The van der Waals surface area contributed by atoms with Crippen LogP contribution in [0.4, 0.5) is 22.0 Å². The van der Waals surface area contributed by atoms with Gasteiger partial charge in [0.15, 0.2) is 9.84 Å². The van der Waals surface area contributed by atoms with Crippen LogP contribution in [-0.2, 0) is 35.7 Å². The topological polar surface area (TPSA) is 66.8 Å². The molecule has 11 heteroatoms. The van der Waals surface area contributed by atoms with Gasteiger partial charge < -0.3 is 9.84 Å². The van der Waals surface area contributed by atoms with Crippen LogP contribution in [0.2, 0.25) is 0 Å². The van der Waals surface area contributed by atoms with Crippen LogP contribution in [-0.4, -0.2) is 37.8 Å². The van der Waals surface area contributed by atoms with Crippen molar-refractivity contribution in [2.75, 3.05) is 19.4 Å². The number of aliphatic hydroxyl groups excluding tert-OH is 1. The van der Waals surface area contributed by atoms with Crippen molar-refractivity contribution in [1.82, 2.24) is 4.90 Å². The second-order valence-corrected chi connectivity index (χ2v) is 10.5. The molecule has 3 aromatic rings. The predicted octanol–water partition coefficient (Wildman–Crippen LogP) is 5.35. The molecule has 3 rings (SSSR count). The van der Waals surface area contributed by atoms with Gasteiger partial charge in [-0.1, -0.05) is 30.3 Å². The normalized spacial score (nSPS) is 12.2. The minimum atomic E-state index is -4.47. The summed E-state index contributed by atoms with van der Waals surface area (Å²) < 4.78 is 96.4. The van der Waals surface area contributed by atoms with Crippen LogP contribution < -0.4 is 4.74 Å². The van der Waals surface area contributed by atoms with Crippen LogP contribution in [0.3, 0.4) is 0 Å². The van der Waals surface area contributed by atoms with Gasteiger partial charge in [0, 0.05) is 37.5 Å². The Labute approximate surface area is 212 Å². The summed E-state index contributed by atoms with van der Waals surface area (Å²) in [5.74, 6) is -1.35. The van der Waals surface area contributed by atoms with Gasteiger partial charge in [0.05, 0.1) is 23.7 Å². The Balaban J connectivity index is 1.71. The lowest BCUT2D eigenvalue weighted by Crippen LogP contribution is -2.25. The molecule has 200 valence electrons. The smallest absolute Gasteiger partial charge is 0.416 e. The molecule has 0 aliphatic heterocycles. The highest BCUT2D eigenvalue weighted by atomic mass is 32.2. The summed E-state index contributed by atoms with van der Waals surface area (Å²) in [5.41, 5.74) is 0.0950. The van der Waals surface area contributed by atoms with Crippen molar-refractivity contribution in [3.63, 3.8) is 0 Å².